The largest absolute Gasteiger partial charge is 0.473 e. The van der Waals surface area contributed by atoms with Crippen LogP contribution in [-0.4, -0.2) is 34.4 Å². The minimum absolute atomic E-state index is 0.00812. The number of hydrogen-bond acceptors (Lipinski definition) is 5. The summed E-state index contributed by atoms with van der Waals surface area (Å²) in [5.74, 6) is 0.681. The Morgan fingerprint density at radius 3 is 3.00 bits per heavy atom. The van der Waals surface area contributed by atoms with Gasteiger partial charge in [-0.05, 0) is 25.8 Å². The lowest BCUT2D eigenvalue weighted by molar-refractivity contribution is -0.386. The van der Waals surface area contributed by atoms with Gasteiger partial charge in [0.05, 0.1) is 11.5 Å². The molecular formula is C12H20N4O3. The average molecular weight is 268 g/mol. The van der Waals surface area contributed by atoms with Crippen molar-refractivity contribution in [1.29, 1.82) is 0 Å². The predicted octanol–water partition coefficient (Wildman–Crippen LogP) is 1.27. The van der Waals surface area contributed by atoms with Crippen LogP contribution in [0, 0.1) is 16.0 Å². The molecule has 1 saturated heterocycles. The van der Waals surface area contributed by atoms with Crippen molar-refractivity contribution in [2.75, 3.05) is 19.7 Å². The molecule has 0 amide bonds. The van der Waals surface area contributed by atoms with E-state index in [2.05, 4.69) is 10.4 Å². The van der Waals surface area contributed by atoms with Crippen LogP contribution in [0.4, 0.5) is 5.69 Å². The number of piperidine rings is 1. The predicted molar refractivity (Wildman–Crippen MR) is 70.3 cm³/mol. The highest BCUT2D eigenvalue weighted by molar-refractivity contribution is 5.46. The fourth-order valence-corrected chi connectivity index (χ4v) is 2.40. The van der Waals surface area contributed by atoms with Gasteiger partial charge in [-0.25, -0.2) is 4.68 Å². The minimum Gasteiger partial charge on any atom is -0.473 e. The van der Waals surface area contributed by atoms with Crippen molar-refractivity contribution in [3.63, 3.8) is 0 Å². The molecule has 1 aromatic rings. The highest BCUT2D eigenvalue weighted by atomic mass is 16.6. The third-order valence-electron chi connectivity index (χ3n) is 3.41. The molecule has 106 valence electrons. The van der Waals surface area contributed by atoms with E-state index in [1.54, 1.807) is 7.05 Å². The van der Waals surface area contributed by atoms with Crippen LogP contribution >= 0.6 is 0 Å². The Hall–Kier alpha value is -1.63. The van der Waals surface area contributed by atoms with Crippen molar-refractivity contribution in [3.8, 4) is 5.88 Å². The van der Waals surface area contributed by atoms with E-state index in [0.717, 1.165) is 25.9 Å². The molecule has 0 bridgehead atoms. The Balaban J connectivity index is 2.10. The number of aromatic nitrogens is 2. The van der Waals surface area contributed by atoms with Crippen LogP contribution in [0.15, 0.2) is 0 Å². The van der Waals surface area contributed by atoms with Gasteiger partial charge >= 0.3 is 5.69 Å². The van der Waals surface area contributed by atoms with E-state index in [4.69, 9.17) is 4.74 Å². The molecule has 0 radical (unpaired) electrons. The standard InChI is InChI=1S/C12H20N4O3/c1-3-10-11(16(17)18)12(15(2)14-10)19-8-9-5-4-6-13-7-9/h9,13H,3-8H2,1-2H3. The summed E-state index contributed by atoms with van der Waals surface area (Å²) in [4.78, 5) is 10.7. The maximum absolute atomic E-state index is 11.1. The fourth-order valence-electron chi connectivity index (χ4n) is 2.40. The van der Waals surface area contributed by atoms with Gasteiger partial charge in [-0.1, -0.05) is 6.92 Å². The van der Waals surface area contributed by atoms with Crippen molar-refractivity contribution < 1.29 is 9.66 Å². The first-order valence-corrected chi connectivity index (χ1v) is 6.67. The summed E-state index contributed by atoms with van der Waals surface area (Å²) in [5.41, 5.74) is 0.484. The smallest absolute Gasteiger partial charge is 0.353 e. The van der Waals surface area contributed by atoms with Crippen molar-refractivity contribution in [3.05, 3.63) is 15.8 Å². The molecule has 2 heterocycles. The van der Waals surface area contributed by atoms with Gasteiger partial charge in [-0.15, -0.1) is 0 Å². The fraction of sp³-hybridized carbons (Fsp3) is 0.750. The average Bonchev–Trinajstić information content (AvgIpc) is 2.74. The molecule has 1 unspecified atom stereocenters. The summed E-state index contributed by atoms with van der Waals surface area (Å²) in [6, 6.07) is 0. The Kier molecular flexibility index (Phi) is 4.36. The number of nitro groups is 1. The zero-order chi connectivity index (χ0) is 13.8. The highest BCUT2D eigenvalue weighted by Gasteiger charge is 2.28. The summed E-state index contributed by atoms with van der Waals surface area (Å²) >= 11 is 0. The molecule has 1 atom stereocenters. The first-order valence-electron chi connectivity index (χ1n) is 6.67. The minimum atomic E-state index is -0.402. The second-order valence-electron chi connectivity index (χ2n) is 4.86. The normalized spacial score (nSPS) is 19.4. The maximum Gasteiger partial charge on any atom is 0.353 e. The molecule has 0 saturated carbocycles. The molecule has 19 heavy (non-hydrogen) atoms. The molecule has 0 aromatic carbocycles. The topological polar surface area (TPSA) is 82.2 Å². The maximum atomic E-state index is 11.1. The Morgan fingerprint density at radius 1 is 1.63 bits per heavy atom. The van der Waals surface area contributed by atoms with Gasteiger partial charge in [0.15, 0.2) is 0 Å². The molecule has 1 aromatic heterocycles. The summed E-state index contributed by atoms with van der Waals surface area (Å²) in [5, 5.41) is 18.6. The number of nitrogens with one attached hydrogen (secondary N) is 1. The number of nitrogens with zero attached hydrogens (tertiary/aromatic N) is 3. The van der Waals surface area contributed by atoms with Crippen LogP contribution in [0.3, 0.4) is 0 Å². The van der Waals surface area contributed by atoms with Crippen LogP contribution < -0.4 is 10.1 Å². The van der Waals surface area contributed by atoms with Crippen LogP contribution in [0.25, 0.3) is 0 Å². The summed E-state index contributed by atoms with van der Waals surface area (Å²) in [6.45, 7) is 4.30. The van der Waals surface area contributed by atoms with Gasteiger partial charge in [-0.3, -0.25) is 10.1 Å². The molecule has 7 heteroatoms. The third-order valence-corrected chi connectivity index (χ3v) is 3.41. The van der Waals surface area contributed by atoms with E-state index in [1.165, 1.54) is 4.68 Å². The first-order chi connectivity index (χ1) is 9.13. The summed E-state index contributed by atoms with van der Waals surface area (Å²) in [7, 11) is 1.68. The molecule has 1 N–H and O–H groups in total. The van der Waals surface area contributed by atoms with Gasteiger partial charge in [0.1, 0.15) is 5.69 Å². The van der Waals surface area contributed by atoms with E-state index in [1.807, 2.05) is 6.92 Å². The zero-order valence-electron chi connectivity index (χ0n) is 11.4. The second kappa shape index (κ2) is 6.01. The molecule has 0 aliphatic carbocycles. The van der Waals surface area contributed by atoms with Gasteiger partial charge in [0, 0.05) is 19.5 Å². The summed E-state index contributed by atoms with van der Waals surface area (Å²) in [6.07, 6.45) is 2.75. The van der Waals surface area contributed by atoms with Crippen LogP contribution in [0.2, 0.25) is 0 Å². The number of hydrogen-bond donors (Lipinski definition) is 1. The number of rotatable bonds is 5. The monoisotopic (exact) mass is 268 g/mol. The zero-order valence-corrected chi connectivity index (χ0v) is 11.4. The molecule has 7 nitrogen and oxygen atoms in total. The van der Waals surface area contributed by atoms with Crippen molar-refractivity contribution in [2.24, 2.45) is 13.0 Å². The number of ether oxygens (including phenoxy) is 1. The lowest BCUT2D eigenvalue weighted by Crippen LogP contribution is -2.33. The molecule has 0 spiro atoms. The van der Waals surface area contributed by atoms with Gasteiger partial charge in [-0.2, -0.15) is 5.10 Å². The third kappa shape index (κ3) is 3.04. The van der Waals surface area contributed by atoms with E-state index in [0.29, 0.717) is 24.6 Å². The van der Waals surface area contributed by atoms with Gasteiger partial charge in [0.25, 0.3) is 5.88 Å². The molecule has 1 aliphatic rings. The molecular weight excluding hydrogens is 248 g/mol. The van der Waals surface area contributed by atoms with Crippen molar-refractivity contribution in [2.45, 2.75) is 26.2 Å². The van der Waals surface area contributed by atoms with Crippen LogP contribution in [0.5, 0.6) is 5.88 Å². The summed E-state index contributed by atoms with van der Waals surface area (Å²) < 4.78 is 7.14. The number of aryl methyl sites for hydroxylation is 2. The van der Waals surface area contributed by atoms with Crippen molar-refractivity contribution in [1.82, 2.24) is 15.1 Å². The van der Waals surface area contributed by atoms with Gasteiger partial charge < -0.3 is 10.1 Å². The Morgan fingerprint density at radius 2 is 2.42 bits per heavy atom. The highest BCUT2D eigenvalue weighted by Crippen LogP contribution is 2.31. The Labute approximate surface area is 112 Å². The SMILES string of the molecule is CCc1nn(C)c(OCC2CCCNC2)c1[N+](=O)[O-]. The van der Waals surface area contributed by atoms with E-state index in [9.17, 15) is 10.1 Å². The lowest BCUT2D eigenvalue weighted by Gasteiger charge is -2.22. The van der Waals surface area contributed by atoms with Gasteiger partial charge in [0.2, 0.25) is 0 Å². The molecule has 2 rings (SSSR count). The molecule has 1 fully saturated rings. The Bertz CT molecular complexity index is 452. The van der Waals surface area contributed by atoms with Crippen molar-refractivity contribution >= 4 is 5.69 Å². The van der Waals surface area contributed by atoms with E-state index >= 15 is 0 Å². The van der Waals surface area contributed by atoms with Crippen LogP contribution in [-0.2, 0) is 13.5 Å². The molecule has 1 aliphatic heterocycles. The second-order valence-corrected chi connectivity index (χ2v) is 4.86. The van der Waals surface area contributed by atoms with E-state index in [-0.39, 0.29) is 11.6 Å². The first kappa shape index (κ1) is 13.8. The quantitative estimate of drug-likeness (QED) is 0.642. The van der Waals surface area contributed by atoms with Crippen LogP contribution in [0.1, 0.15) is 25.5 Å². The lowest BCUT2D eigenvalue weighted by atomic mass is 10.0. The van der Waals surface area contributed by atoms with E-state index < -0.39 is 4.92 Å².